The SMILES string of the molecule is C=C[C@]1(C)C[C@@H](OC(=O)c2cccn(N(C=O)Cc3ccncc3)c2=O)[C@]2(C)C(C)CC[C@]3(CCC(=O)C32)[C@@H](C)[C@@H]1O. The van der Waals surface area contributed by atoms with Crippen molar-refractivity contribution in [2.75, 3.05) is 5.01 Å². The summed E-state index contributed by atoms with van der Waals surface area (Å²) in [6, 6.07) is 6.38. The Kier molecular flexibility index (Phi) is 7.77. The third kappa shape index (κ3) is 4.53. The number of hydrogen-bond acceptors (Lipinski definition) is 7. The summed E-state index contributed by atoms with van der Waals surface area (Å²) in [6.07, 6.45) is 8.41. The number of ketones is 1. The van der Waals surface area contributed by atoms with Crippen LogP contribution in [0.2, 0.25) is 0 Å². The maximum atomic E-state index is 13.9. The lowest BCUT2D eigenvalue weighted by atomic mass is 9.44. The molecule has 3 aliphatic rings. The Labute approximate surface area is 246 Å². The number of aromatic nitrogens is 2. The van der Waals surface area contributed by atoms with Crippen molar-refractivity contribution in [1.82, 2.24) is 9.66 Å². The molecule has 0 spiro atoms. The van der Waals surface area contributed by atoms with Gasteiger partial charge >= 0.3 is 5.97 Å². The van der Waals surface area contributed by atoms with Gasteiger partial charge in [-0.15, -0.1) is 6.58 Å². The van der Waals surface area contributed by atoms with Crippen molar-refractivity contribution in [3.05, 3.63) is 77.0 Å². The number of Topliss-reactive ketones (excluding diaryl/α,β-unsaturated/α-hetero) is 1. The van der Waals surface area contributed by atoms with Crippen molar-refractivity contribution in [1.29, 1.82) is 0 Å². The van der Waals surface area contributed by atoms with Crippen LogP contribution in [0.5, 0.6) is 0 Å². The molecule has 5 rings (SSSR count). The van der Waals surface area contributed by atoms with Gasteiger partial charge in [-0.1, -0.05) is 33.8 Å². The van der Waals surface area contributed by atoms with Gasteiger partial charge in [-0.25, -0.2) is 14.5 Å². The van der Waals surface area contributed by atoms with Crippen LogP contribution in [0.1, 0.15) is 75.7 Å². The highest BCUT2D eigenvalue weighted by Gasteiger charge is 2.68. The third-order valence-electron chi connectivity index (χ3n) is 11.2. The van der Waals surface area contributed by atoms with E-state index < -0.39 is 40.0 Å². The Morgan fingerprint density at radius 3 is 2.60 bits per heavy atom. The third-order valence-corrected chi connectivity index (χ3v) is 11.2. The second-order valence-electron chi connectivity index (χ2n) is 13.1. The van der Waals surface area contributed by atoms with Crippen LogP contribution in [0.4, 0.5) is 0 Å². The lowest BCUT2D eigenvalue weighted by Gasteiger charge is -2.61. The van der Waals surface area contributed by atoms with Crippen molar-refractivity contribution in [3.63, 3.8) is 0 Å². The highest BCUT2D eigenvalue weighted by molar-refractivity contribution is 5.89. The summed E-state index contributed by atoms with van der Waals surface area (Å²) in [7, 11) is 0. The molecule has 0 aromatic carbocycles. The second kappa shape index (κ2) is 10.9. The molecule has 224 valence electrons. The van der Waals surface area contributed by atoms with Crippen LogP contribution < -0.4 is 10.6 Å². The molecule has 2 aromatic heterocycles. The zero-order valence-corrected chi connectivity index (χ0v) is 24.9. The summed E-state index contributed by atoms with van der Waals surface area (Å²) < 4.78 is 7.39. The molecule has 2 aromatic rings. The quantitative estimate of drug-likeness (QED) is 0.301. The van der Waals surface area contributed by atoms with Gasteiger partial charge in [0.1, 0.15) is 17.5 Å². The molecule has 0 saturated heterocycles. The fraction of sp³-hybridized carbons (Fsp3) is 0.545. The van der Waals surface area contributed by atoms with Gasteiger partial charge in [0.2, 0.25) is 6.41 Å². The van der Waals surface area contributed by atoms with Crippen LogP contribution in [0.25, 0.3) is 0 Å². The van der Waals surface area contributed by atoms with Gasteiger partial charge in [-0.05, 0) is 72.8 Å². The number of rotatable bonds is 7. The zero-order chi connectivity index (χ0) is 30.4. The number of nitrogens with zero attached hydrogens (tertiary/aromatic N) is 3. The van der Waals surface area contributed by atoms with Gasteiger partial charge in [-0.3, -0.25) is 19.4 Å². The van der Waals surface area contributed by atoms with Crippen molar-refractivity contribution in [2.45, 2.75) is 78.6 Å². The first-order valence-electron chi connectivity index (χ1n) is 14.8. The Bertz CT molecular complexity index is 1440. The van der Waals surface area contributed by atoms with Gasteiger partial charge in [-0.2, -0.15) is 0 Å². The van der Waals surface area contributed by atoms with Gasteiger partial charge in [0.15, 0.2) is 0 Å². The van der Waals surface area contributed by atoms with Gasteiger partial charge in [0.05, 0.1) is 12.6 Å². The van der Waals surface area contributed by atoms with Crippen molar-refractivity contribution in [2.24, 2.45) is 34.0 Å². The molecule has 9 nitrogen and oxygen atoms in total. The van der Waals surface area contributed by atoms with Crippen LogP contribution in [-0.4, -0.2) is 45.1 Å². The molecule has 0 aliphatic heterocycles. The number of carbonyl (C=O) groups is 3. The number of ether oxygens (including phenoxy) is 1. The van der Waals surface area contributed by atoms with E-state index in [0.29, 0.717) is 19.3 Å². The molecular weight excluding hydrogens is 534 g/mol. The summed E-state index contributed by atoms with van der Waals surface area (Å²) in [6.45, 7) is 12.3. The molecule has 3 fully saturated rings. The molecule has 1 amide bonds. The highest BCUT2D eigenvalue weighted by Crippen LogP contribution is 2.68. The van der Waals surface area contributed by atoms with Gasteiger partial charge in [0, 0.05) is 41.8 Å². The Balaban J connectivity index is 1.54. The summed E-state index contributed by atoms with van der Waals surface area (Å²) in [5.41, 5.74) is -2.04. The lowest BCUT2D eigenvalue weighted by Crippen LogP contribution is -2.63. The number of esters is 1. The van der Waals surface area contributed by atoms with Gasteiger partial charge < -0.3 is 9.84 Å². The molecule has 8 atom stereocenters. The maximum absolute atomic E-state index is 13.9. The van der Waals surface area contributed by atoms with Crippen LogP contribution in [0.3, 0.4) is 0 Å². The number of pyridine rings is 2. The summed E-state index contributed by atoms with van der Waals surface area (Å²) in [5.74, 6) is -1.12. The monoisotopic (exact) mass is 575 g/mol. The predicted molar refractivity (Wildman–Crippen MR) is 157 cm³/mol. The second-order valence-corrected chi connectivity index (χ2v) is 13.1. The Morgan fingerprint density at radius 1 is 1.21 bits per heavy atom. The van der Waals surface area contributed by atoms with E-state index in [2.05, 4.69) is 32.3 Å². The number of carbonyl (C=O) groups excluding carboxylic acids is 3. The van der Waals surface area contributed by atoms with E-state index in [1.54, 1.807) is 30.6 Å². The van der Waals surface area contributed by atoms with Crippen molar-refractivity contribution in [3.8, 4) is 0 Å². The number of amides is 1. The average Bonchev–Trinajstić information content (AvgIpc) is 3.35. The first-order chi connectivity index (χ1) is 19.9. The van der Waals surface area contributed by atoms with Crippen molar-refractivity contribution >= 4 is 18.2 Å². The summed E-state index contributed by atoms with van der Waals surface area (Å²) >= 11 is 0. The minimum Gasteiger partial charge on any atom is -0.458 e. The van der Waals surface area contributed by atoms with Crippen LogP contribution in [-0.2, 0) is 20.9 Å². The lowest BCUT2D eigenvalue weighted by molar-refractivity contribution is -0.192. The van der Waals surface area contributed by atoms with E-state index >= 15 is 0 Å². The first kappa shape index (κ1) is 29.9. The van der Waals surface area contributed by atoms with Crippen LogP contribution >= 0.6 is 0 Å². The van der Waals surface area contributed by atoms with E-state index in [1.807, 2.05) is 6.92 Å². The Hall–Kier alpha value is -3.59. The normalized spacial score (nSPS) is 35.8. The molecular formula is C33H41N3O6. The predicted octanol–water partition coefficient (Wildman–Crippen LogP) is 4.06. The number of aliphatic hydroxyl groups is 1. The van der Waals surface area contributed by atoms with E-state index in [4.69, 9.17) is 4.74 Å². The standard InChI is InChI=1S/C33H41N3O6/c1-6-31(4)18-26(32(5)21(2)9-13-33(22(3)28(31)39)14-10-25(38)27(32)33)42-30(41)24-8-7-17-36(29(24)40)35(20-37)19-23-11-15-34-16-12-23/h6-8,11-12,15-17,20-22,26-28,39H,1,9-10,13-14,18-19H2,2-5H3/t21?,22-,26+,27?,28-,31+,32-,33-/m0/s1. The molecule has 2 heterocycles. The molecule has 42 heavy (non-hydrogen) atoms. The zero-order valence-electron chi connectivity index (χ0n) is 24.9. The maximum Gasteiger partial charge on any atom is 0.344 e. The minimum atomic E-state index is -0.821. The van der Waals surface area contributed by atoms with E-state index in [9.17, 15) is 24.3 Å². The fourth-order valence-electron chi connectivity index (χ4n) is 8.37. The van der Waals surface area contributed by atoms with E-state index in [-0.39, 0.29) is 42.1 Å². The summed E-state index contributed by atoms with van der Waals surface area (Å²) in [4.78, 5) is 57.0. The molecule has 3 aliphatic carbocycles. The smallest absolute Gasteiger partial charge is 0.344 e. The van der Waals surface area contributed by atoms with Gasteiger partial charge in [0.25, 0.3) is 5.56 Å². The summed E-state index contributed by atoms with van der Waals surface area (Å²) in [5, 5.41) is 12.9. The largest absolute Gasteiger partial charge is 0.458 e. The molecule has 0 radical (unpaired) electrons. The highest BCUT2D eigenvalue weighted by atomic mass is 16.5. The number of hydrogen-bond donors (Lipinski definition) is 1. The van der Waals surface area contributed by atoms with E-state index in [1.165, 1.54) is 23.3 Å². The van der Waals surface area contributed by atoms with Crippen LogP contribution in [0, 0.1) is 34.0 Å². The molecule has 3 saturated carbocycles. The molecule has 2 bridgehead atoms. The molecule has 1 N–H and O–H groups in total. The average molecular weight is 576 g/mol. The topological polar surface area (TPSA) is 119 Å². The Morgan fingerprint density at radius 2 is 1.93 bits per heavy atom. The fourth-order valence-corrected chi connectivity index (χ4v) is 8.37. The number of aliphatic hydroxyl groups excluding tert-OH is 1. The van der Waals surface area contributed by atoms with Crippen LogP contribution in [0.15, 0.2) is 60.3 Å². The molecule has 2 unspecified atom stereocenters. The van der Waals surface area contributed by atoms with E-state index in [0.717, 1.165) is 23.1 Å². The van der Waals surface area contributed by atoms with Crippen molar-refractivity contribution < 1.29 is 24.2 Å². The first-order valence-corrected chi connectivity index (χ1v) is 14.8. The molecule has 9 heteroatoms. The minimum absolute atomic E-state index is 0.0605.